The van der Waals surface area contributed by atoms with E-state index in [-0.39, 0.29) is 11.3 Å². The minimum atomic E-state index is -4.49. The van der Waals surface area contributed by atoms with Crippen molar-refractivity contribution in [3.63, 3.8) is 0 Å². The van der Waals surface area contributed by atoms with Gasteiger partial charge in [-0.2, -0.15) is 13.2 Å². The number of nitrogens with zero attached hydrogens (tertiary/aromatic N) is 1. The van der Waals surface area contributed by atoms with Crippen LogP contribution in [-0.4, -0.2) is 24.4 Å². The zero-order valence-corrected chi connectivity index (χ0v) is 12.9. The number of aliphatic hydroxyl groups is 1. The van der Waals surface area contributed by atoms with Gasteiger partial charge in [0.15, 0.2) is 9.84 Å². The first kappa shape index (κ1) is 17.5. The molecule has 9 heteroatoms. The quantitative estimate of drug-likeness (QED) is 0.898. The number of aliphatic hydroxyl groups excluding tert-OH is 1. The largest absolute Gasteiger partial charge is 0.416 e. The van der Waals surface area contributed by atoms with E-state index in [0.717, 1.165) is 24.3 Å². The molecule has 0 bridgehead atoms. The highest BCUT2D eigenvalue weighted by Gasteiger charge is 2.30. The Morgan fingerprint density at radius 1 is 1.26 bits per heavy atom. The van der Waals surface area contributed by atoms with Crippen molar-refractivity contribution >= 4 is 9.84 Å². The van der Waals surface area contributed by atoms with E-state index in [4.69, 9.17) is 4.52 Å². The van der Waals surface area contributed by atoms with Gasteiger partial charge in [-0.15, -0.1) is 0 Å². The number of halogens is 3. The lowest BCUT2D eigenvalue weighted by molar-refractivity contribution is -0.137. The Balaban J connectivity index is 2.07. The van der Waals surface area contributed by atoms with Gasteiger partial charge in [-0.3, -0.25) is 0 Å². The van der Waals surface area contributed by atoms with Crippen molar-refractivity contribution in [3.05, 3.63) is 52.9 Å². The van der Waals surface area contributed by atoms with E-state index in [0.29, 0.717) is 5.76 Å². The maximum absolute atomic E-state index is 12.5. The molecule has 0 fully saturated rings. The van der Waals surface area contributed by atoms with Crippen molar-refractivity contribution in [2.24, 2.45) is 0 Å². The number of rotatable bonds is 5. The second-order valence-corrected chi connectivity index (χ2v) is 7.23. The molecule has 0 aliphatic rings. The van der Waals surface area contributed by atoms with Gasteiger partial charge in [0.2, 0.25) is 0 Å². The number of benzene rings is 1. The van der Waals surface area contributed by atoms with Crippen molar-refractivity contribution < 1.29 is 31.2 Å². The summed E-state index contributed by atoms with van der Waals surface area (Å²) in [4.78, 5) is 0. The maximum Gasteiger partial charge on any atom is 0.416 e. The predicted molar refractivity (Wildman–Crippen MR) is 75.1 cm³/mol. The molecule has 1 N–H and O–H groups in total. The SMILES string of the molecule is Cc1cc(CS(=O)(=O)CC(O)c2ccc(C(F)(F)F)cc2)no1. The second kappa shape index (κ2) is 6.32. The van der Waals surface area contributed by atoms with Crippen LogP contribution in [-0.2, 0) is 21.8 Å². The molecule has 0 aliphatic carbocycles. The third-order valence-electron chi connectivity index (χ3n) is 3.08. The van der Waals surface area contributed by atoms with Crippen LogP contribution in [0.5, 0.6) is 0 Å². The summed E-state index contributed by atoms with van der Waals surface area (Å²) in [5.41, 5.74) is -0.561. The van der Waals surface area contributed by atoms with Crippen LogP contribution in [0, 0.1) is 6.92 Å². The lowest BCUT2D eigenvalue weighted by atomic mass is 10.1. The summed E-state index contributed by atoms with van der Waals surface area (Å²) in [6, 6.07) is 5.17. The number of alkyl halides is 3. The highest BCUT2D eigenvalue weighted by Crippen LogP contribution is 2.30. The van der Waals surface area contributed by atoms with Gasteiger partial charge >= 0.3 is 6.18 Å². The lowest BCUT2D eigenvalue weighted by Crippen LogP contribution is -2.17. The third-order valence-corrected chi connectivity index (χ3v) is 4.64. The van der Waals surface area contributed by atoms with Gasteiger partial charge in [-0.05, 0) is 24.6 Å². The summed E-state index contributed by atoms with van der Waals surface area (Å²) >= 11 is 0. The Kier molecular flexibility index (Phi) is 4.81. The molecule has 1 aromatic carbocycles. The molecule has 0 amide bonds. The third kappa shape index (κ3) is 4.80. The van der Waals surface area contributed by atoms with Gasteiger partial charge in [0.05, 0.1) is 28.9 Å². The standard InChI is InChI=1S/C14H14F3NO4S/c1-9-6-12(18-22-9)7-23(20,21)8-13(19)10-2-4-11(5-3-10)14(15,16)17/h2-6,13,19H,7-8H2,1H3. The molecule has 1 heterocycles. The summed E-state index contributed by atoms with van der Waals surface area (Å²) in [5.74, 6) is -0.578. The van der Waals surface area contributed by atoms with Crippen LogP contribution in [0.1, 0.15) is 28.7 Å². The normalized spacial score (nSPS) is 14.0. The van der Waals surface area contributed by atoms with E-state index in [1.54, 1.807) is 6.92 Å². The number of hydrogen-bond donors (Lipinski definition) is 1. The fourth-order valence-corrected chi connectivity index (χ4v) is 3.38. The Morgan fingerprint density at radius 2 is 1.87 bits per heavy atom. The monoisotopic (exact) mass is 349 g/mol. The first-order chi connectivity index (χ1) is 10.6. The molecule has 0 radical (unpaired) electrons. The minimum absolute atomic E-state index is 0.0953. The summed E-state index contributed by atoms with van der Waals surface area (Å²) < 4.78 is 66.1. The molecule has 1 atom stereocenters. The highest BCUT2D eigenvalue weighted by molar-refractivity contribution is 7.90. The molecule has 0 saturated heterocycles. The first-order valence-corrected chi connectivity index (χ1v) is 8.37. The molecule has 0 saturated carbocycles. The molecule has 5 nitrogen and oxygen atoms in total. The lowest BCUT2D eigenvalue weighted by Gasteiger charge is -2.12. The van der Waals surface area contributed by atoms with Crippen LogP contribution >= 0.6 is 0 Å². The number of hydrogen-bond acceptors (Lipinski definition) is 5. The summed E-state index contributed by atoms with van der Waals surface area (Å²) in [7, 11) is -3.70. The van der Waals surface area contributed by atoms with Crippen molar-refractivity contribution in [2.45, 2.75) is 25.0 Å². The Bertz CT molecular complexity index is 766. The molecule has 1 aromatic heterocycles. The molecule has 23 heavy (non-hydrogen) atoms. The van der Waals surface area contributed by atoms with Crippen molar-refractivity contribution in [1.82, 2.24) is 5.16 Å². The maximum atomic E-state index is 12.5. The predicted octanol–water partition coefficient (Wildman–Crippen LogP) is 2.65. The van der Waals surface area contributed by atoms with E-state index < -0.39 is 39.2 Å². The van der Waals surface area contributed by atoms with Crippen LogP contribution in [0.3, 0.4) is 0 Å². The van der Waals surface area contributed by atoms with Crippen LogP contribution in [0.25, 0.3) is 0 Å². The Hall–Kier alpha value is -1.87. The van der Waals surface area contributed by atoms with Gasteiger partial charge in [-0.25, -0.2) is 8.42 Å². The topological polar surface area (TPSA) is 80.4 Å². The smallest absolute Gasteiger partial charge is 0.387 e. The van der Waals surface area contributed by atoms with Crippen molar-refractivity contribution in [1.29, 1.82) is 0 Å². The van der Waals surface area contributed by atoms with Crippen LogP contribution < -0.4 is 0 Å². The fourth-order valence-electron chi connectivity index (χ4n) is 2.00. The highest BCUT2D eigenvalue weighted by atomic mass is 32.2. The Morgan fingerprint density at radius 3 is 2.35 bits per heavy atom. The van der Waals surface area contributed by atoms with Gasteiger partial charge in [0.1, 0.15) is 5.76 Å². The average Bonchev–Trinajstić information content (AvgIpc) is 2.81. The van der Waals surface area contributed by atoms with Crippen LogP contribution in [0.2, 0.25) is 0 Å². The number of sulfone groups is 1. The van der Waals surface area contributed by atoms with E-state index >= 15 is 0 Å². The minimum Gasteiger partial charge on any atom is -0.387 e. The molecule has 126 valence electrons. The average molecular weight is 349 g/mol. The second-order valence-electron chi connectivity index (χ2n) is 5.12. The van der Waals surface area contributed by atoms with Crippen LogP contribution in [0.15, 0.2) is 34.9 Å². The van der Waals surface area contributed by atoms with Gasteiger partial charge < -0.3 is 9.63 Å². The van der Waals surface area contributed by atoms with E-state index in [2.05, 4.69) is 5.16 Å². The number of aromatic nitrogens is 1. The zero-order chi connectivity index (χ0) is 17.3. The molecular formula is C14H14F3NO4S. The van der Waals surface area contributed by atoms with Crippen LogP contribution in [0.4, 0.5) is 13.2 Å². The fraction of sp³-hybridized carbons (Fsp3) is 0.357. The molecular weight excluding hydrogens is 335 g/mol. The molecule has 0 spiro atoms. The summed E-state index contributed by atoms with van der Waals surface area (Å²) in [6.45, 7) is 1.61. The molecule has 1 unspecified atom stereocenters. The van der Waals surface area contributed by atoms with Crippen molar-refractivity contribution in [3.8, 4) is 0 Å². The van der Waals surface area contributed by atoms with Gasteiger partial charge in [-0.1, -0.05) is 17.3 Å². The molecule has 2 aromatic rings. The summed E-state index contributed by atoms with van der Waals surface area (Å²) in [6.07, 6.45) is -5.91. The molecule has 0 aliphatic heterocycles. The first-order valence-electron chi connectivity index (χ1n) is 6.55. The van der Waals surface area contributed by atoms with Gasteiger partial charge in [0.25, 0.3) is 0 Å². The van der Waals surface area contributed by atoms with Crippen molar-refractivity contribution in [2.75, 3.05) is 5.75 Å². The number of aryl methyl sites for hydroxylation is 1. The van der Waals surface area contributed by atoms with E-state index in [9.17, 15) is 26.7 Å². The van der Waals surface area contributed by atoms with E-state index in [1.807, 2.05) is 0 Å². The summed E-state index contributed by atoms with van der Waals surface area (Å²) in [5, 5.41) is 13.5. The molecule has 2 rings (SSSR count). The Labute approximate surface area is 130 Å². The van der Waals surface area contributed by atoms with Gasteiger partial charge in [0, 0.05) is 6.07 Å². The zero-order valence-electron chi connectivity index (χ0n) is 12.0. The van der Waals surface area contributed by atoms with E-state index in [1.165, 1.54) is 6.07 Å².